The van der Waals surface area contributed by atoms with Crippen molar-refractivity contribution in [2.45, 2.75) is 19.3 Å². The van der Waals surface area contributed by atoms with Gasteiger partial charge in [-0.2, -0.15) is 0 Å². The van der Waals surface area contributed by atoms with Gasteiger partial charge in [0.25, 0.3) is 0 Å². The number of hydrogen-bond acceptors (Lipinski definition) is 4. The Kier molecular flexibility index (Phi) is 5.47. The van der Waals surface area contributed by atoms with Crippen LogP contribution in [0.15, 0.2) is 30.3 Å². The number of allylic oxidation sites excluding steroid dienone is 1. The summed E-state index contributed by atoms with van der Waals surface area (Å²) in [4.78, 5) is 12.5. The molecule has 5 heteroatoms. The Morgan fingerprint density at radius 1 is 1.43 bits per heavy atom. The SMILES string of the molecule is COCCC1CC/C(c2ccccc2O)=C\C(=O)NC1=S. The van der Waals surface area contributed by atoms with Gasteiger partial charge in [0.1, 0.15) is 5.75 Å². The number of benzene rings is 1. The Labute approximate surface area is 129 Å². The Morgan fingerprint density at radius 2 is 2.19 bits per heavy atom. The fourth-order valence-corrected chi connectivity index (χ4v) is 2.78. The van der Waals surface area contributed by atoms with Crippen LogP contribution in [0.1, 0.15) is 24.8 Å². The molecular weight excluding hydrogens is 286 g/mol. The summed E-state index contributed by atoms with van der Waals surface area (Å²) in [6, 6.07) is 7.05. The van der Waals surface area contributed by atoms with Crippen LogP contribution >= 0.6 is 12.2 Å². The average Bonchev–Trinajstić information content (AvgIpc) is 2.45. The van der Waals surface area contributed by atoms with Crippen LogP contribution in [-0.4, -0.2) is 29.7 Å². The van der Waals surface area contributed by atoms with E-state index < -0.39 is 0 Å². The summed E-state index contributed by atoms with van der Waals surface area (Å²) in [5.74, 6) is 0.0620. The van der Waals surface area contributed by atoms with Gasteiger partial charge in [-0.3, -0.25) is 4.79 Å². The molecule has 0 saturated carbocycles. The van der Waals surface area contributed by atoms with E-state index in [2.05, 4.69) is 5.32 Å². The average molecular weight is 305 g/mol. The van der Waals surface area contributed by atoms with Crippen molar-refractivity contribution >= 4 is 28.7 Å². The van der Waals surface area contributed by atoms with E-state index in [1.807, 2.05) is 12.1 Å². The van der Waals surface area contributed by atoms with Gasteiger partial charge >= 0.3 is 0 Å². The lowest BCUT2D eigenvalue weighted by atomic mass is 9.91. The summed E-state index contributed by atoms with van der Waals surface area (Å²) in [5, 5.41) is 12.7. The van der Waals surface area contributed by atoms with Crippen LogP contribution in [0.5, 0.6) is 5.75 Å². The molecule has 1 unspecified atom stereocenters. The maximum atomic E-state index is 12.0. The van der Waals surface area contributed by atoms with Gasteiger partial charge in [-0.1, -0.05) is 30.4 Å². The van der Waals surface area contributed by atoms with E-state index in [1.165, 1.54) is 6.08 Å². The zero-order valence-electron chi connectivity index (χ0n) is 12.0. The molecular formula is C16H19NO3S. The number of amides is 1. The Bertz CT molecular complexity index is 568. The molecule has 0 saturated heterocycles. The third-order valence-corrected chi connectivity index (χ3v) is 4.04. The molecule has 1 aromatic carbocycles. The van der Waals surface area contributed by atoms with Crippen LogP contribution in [0.25, 0.3) is 5.57 Å². The molecule has 112 valence electrons. The Morgan fingerprint density at radius 3 is 2.90 bits per heavy atom. The van der Waals surface area contributed by atoms with Crippen LogP contribution in [0.4, 0.5) is 0 Å². The van der Waals surface area contributed by atoms with Crippen LogP contribution in [0, 0.1) is 5.92 Å². The highest BCUT2D eigenvalue weighted by Crippen LogP contribution is 2.30. The highest BCUT2D eigenvalue weighted by molar-refractivity contribution is 7.80. The lowest BCUT2D eigenvalue weighted by Gasteiger charge is -2.22. The first-order valence-corrected chi connectivity index (χ1v) is 7.35. The molecule has 1 amide bonds. The molecule has 0 aromatic heterocycles. The normalized spacial score (nSPS) is 22.0. The first kappa shape index (κ1) is 15.7. The van der Waals surface area contributed by atoms with E-state index in [1.54, 1.807) is 19.2 Å². The second-order valence-corrected chi connectivity index (χ2v) is 5.50. The van der Waals surface area contributed by atoms with Gasteiger partial charge < -0.3 is 15.2 Å². The molecule has 0 fully saturated rings. The van der Waals surface area contributed by atoms with E-state index in [-0.39, 0.29) is 17.6 Å². The molecule has 1 heterocycles. The number of carbonyl (C=O) groups is 1. The fraction of sp³-hybridized carbons (Fsp3) is 0.375. The lowest BCUT2D eigenvalue weighted by molar-refractivity contribution is -0.115. The van der Waals surface area contributed by atoms with E-state index in [0.717, 1.165) is 18.4 Å². The van der Waals surface area contributed by atoms with Crippen molar-refractivity contribution in [2.75, 3.05) is 13.7 Å². The van der Waals surface area contributed by atoms with Crippen molar-refractivity contribution in [2.24, 2.45) is 5.92 Å². The van der Waals surface area contributed by atoms with Gasteiger partial charge in [0.15, 0.2) is 0 Å². The van der Waals surface area contributed by atoms with Crippen LogP contribution < -0.4 is 5.32 Å². The fourth-order valence-electron chi connectivity index (χ4n) is 2.44. The summed E-state index contributed by atoms with van der Waals surface area (Å²) in [6.45, 7) is 0.607. The van der Waals surface area contributed by atoms with E-state index in [4.69, 9.17) is 17.0 Å². The first-order valence-electron chi connectivity index (χ1n) is 6.94. The van der Waals surface area contributed by atoms with Crippen LogP contribution in [0.3, 0.4) is 0 Å². The minimum atomic E-state index is -0.236. The number of thiocarbonyl (C=S) groups is 1. The van der Waals surface area contributed by atoms with Gasteiger partial charge in [-0.25, -0.2) is 0 Å². The quantitative estimate of drug-likeness (QED) is 0.840. The molecule has 21 heavy (non-hydrogen) atoms. The molecule has 1 aliphatic rings. The van der Waals surface area contributed by atoms with Crippen molar-refractivity contribution in [1.82, 2.24) is 5.32 Å². The smallest absolute Gasteiger partial charge is 0.249 e. The summed E-state index contributed by atoms with van der Waals surface area (Å²) in [6.07, 6.45) is 3.82. The number of phenolic OH excluding ortho intramolecular Hbond substituents is 1. The highest BCUT2D eigenvalue weighted by Gasteiger charge is 2.21. The minimum Gasteiger partial charge on any atom is -0.507 e. The number of methoxy groups -OCH3 is 1. The molecule has 0 radical (unpaired) electrons. The lowest BCUT2D eigenvalue weighted by Crippen LogP contribution is -2.35. The van der Waals surface area contributed by atoms with E-state index in [9.17, 15) is 9.90 Å². The Balaban J connectivity index is 2.22. The standard InChI is InChI=1S/C16H19NO3S/c1-20-9-8-11-6-7-12(10-15(19)17-16(11)21)13-4-2-3-5-14(13)18/h2-5,10-11,18H,6-9H2,1H3,(H,17,19,21)/b12-10+. The predicted octanol–water partition coefficient (Wildman–Crippen LogP) is 2.67. The zero-order chi connectivity index (χ0) is 15.2. The topological polar surface area (TPSA) is 58.6 Å². The minimum absolute atomic E-state index is 0.110. The van der Waals surface area contributed by atoms with E-state index >= 15 is 0 Å². The number of aromatic hydroxyl groups is 1. The summed E-state index contributed by atoms with van der Waals surface area (Å²) in [5.41, 5.74) is 1.53. The van der Waals surface area contributed by atoms with Gasteiger partial charge in [0.05, 0.1) is 4.99 Å². The molecule has 1 atom stereocenters. The van der Waals surface area contributed by atoms with Crippen molar-refractivity contribution in [1.29, 1.82) is 0 Å². The van der Waals surface area contributed by atoms with Gasteiger partial charge in [-0.05, 0) is 30.9 Å². The molecule has 2 rings (SSSR count). The second kappa shape index (κ2) is 7.33. The molecule has 1 aromatic rings. The summed E-state index contributed by atoms with van der Waals surface area (Å²) in [7, 11) is 1.65. The number of rotatable bonds is 4. The molecule has 1 aliphatic heterocycles. The predicted molar refractivity (Wildman–Crippen MR) is 86.0 cm³/mol. The second-order valence-electron chi connectivity index (χ2n) is 5.06. The van der Waals surface area contributed by atoms with Gasteiger partial charge in [-0.15, -0.1) is 0 Å². The number of nitrogens with one attached hydrogen (secondary N) is 1. The Hall–Kier alpha value is -1.72. The monoisotopic (exact) mass is 305 g/mol. The van der Waals surface area contributed by atoms with Crippen molar-refractivity contribution in [3.8, 4) is 5.75 Å². The van der Waals surface area contributed by atoms with Crippen molar-refractivity contribution in [3.05, 3.63) is 35.9 Å². The van der Waals surface area contributed by atoms with Crippen LogP contribution in [0.2, 0.25) is 0 Å². The van der Waals surface area contributed by atoms with Crippen molar-refractivity contribution in [3.63, 3.8) is 0 Å². The first-order chi connectivity index (χ1) is 10.1. The molecule has 2 N–H and O–H groups in total. The largest absolute Gasteiger partial charge is 0.507 e. The van der Waals surface area contributed by atoms with Gasteiger partial charge in [0.2, 0.25) is 5.91 Å². The number of ether oxygens (including phenoxy) is 1. The molecule has 4 nitrogen and oxygen atoms in total. The maximum Gasteiger partial charge on any atom is 0.249 e. The molecule has 0 aliphatic carbocycles. The zero-order valence-corrected chi connectivity index (χ0v) is 12.8. The number of hydrogen-bond donors (Lipinski definition) is 2. The number of carbonyl (C=O) groups excluding carboxylic acids is 1. The molecule has 0 bridgehead atoms. The third-order valence-electron chi connectivity index (χ3n) is 3.61. The van der Waals surface area contributed by atoms with E-state index in [0.29, 0.717) is 23.6 Å². The third kappa shape index (κ3) is 4.12. The van der Waals surface area contributed by atoms with Gasteiger partial charge in [0, 0.05) is 31.3 Å². The maximum absolute atomic E-state index is 12.0. The van der Waals surface area contributed by atoms with Crippen LogP contribution in [-0.2, 0) is 9.53 Å². The number of para-hydroxylation sites is 1. The highest BCUT2D eigenvalue weighted by atomic mass is 32.1. The summed E-state index contributed by atoms with van der Waals surface area (Å²) < 4.78 is 5.10. The molecule has 0 spiro atoms. The van der Waals surface area contributed by atoms with Crippen molar-refractivity contribution < 1.29 is 14.6 Å². The number of phenols is 1. The summed E-state index contributed by atoms with van der Waals surface area (Å²) >= 11 is 5.28.